The first-order chi connectivity index (χ1) is 36.6. The van der Waals surface area contributed by atoms with Gasteiger partial charge in [0.1, 0.15) is 11.5 Å². The number of hydrogen-bond acceptors (Lipinski definition) is 6. The number of allylic oxidation sites excluding steroid dienone is 4. The van der Waals surface area contributed by atoms with E-state index in [1.54, 1.807) is 72.8 Å². The molecule has 0 unspecified atom stereocenters. The molecule has 0 amide bonds. The highest BCUT2D eigenvalue weighted by molar-refractivity contribution is 7.20. The number of benzene rings is 6. The zero-order chi connectivity index (χ0) is 55.9. The van der Waals surface area contributed by atoms with Crippen LogP contribution in [0.3, 0.4) is 0 Å². The number of thiophene rings is 4. The van der Waals surface area contributed by atoms with E-state index >= 15 is 52.7 Å². The maximum atomic E-state index is 16.6. The van der Waals surface area contributed by atoms with Crippen LogP contribution in [0.2, 0.25) is 0 Å². The van der Waals surface area contributed by atoms with Crippen molar-refractivity contribution in [3.8, 4) is 43.5 Å². The Balaban J connectivity index is 1.10. The molecular formula is C60H38F12O2S4. The summed E-state index contributed by atoms with van der Waals surface area (Å²) < 4.78 is 196. The first-order valence-electron chi connectivity index (χ1n) is 24.1. The number of hydrogen-bond donors (Lipinski definition) is 2. The second kappa shape index (κ2) is 17.0. The van der Waals surface area contributed by atoms with Gasteiger partial charge >= 0.3 is 35.5 Å². The van der Waals surface area contributed by atoms with Gasteiger partial charge in [-0.05, 0) is 98.5 Å². The van der Waals surface area contributed by atoms with E-state index in [1.807, 2.05) is 0 Å². The lowest BCUT2D eigenvalue weighted by Crippen LogP contribution is -2.49. The van der Waals surface area contributed by atoms with Crippen LogP contribution in [0.5, 0.6) is 11.5 Å². The Hall–Kier alpha value is -6.60. The minimum absolute atomic E-state index is 0.0400. The van der Waals surface area contributed by atoms with Crippen LogP contribution in [0.4, 0.5) is 52.7 Å². The van der Waals surface area contributed by atoms with Crippen molar-refractivity contribution in [1.29, 1.82) is 0 Å². The van der Waals surface area contributed by atoms with Crippen molar-refractivity contribution in [3.63, 3.8) is 0 Å². The number of phenolic OH excluding ortho intramolecular Hbond substituents is 2. The zero-order valence-corrected chi connectivity index (χ0v) is 44.7. The second-order valence-electron chi connectivity index (χ2n) is 19.7. The Kier molecular flexibility index (Phi) is 11.3. The third kappa shape index (κ3) is 6.62. The molecule has 0 atom stereocenters. The highest BCUT2D eigenvalue weighted by Crippen LogP contribution is 2.69. The van der Waals surface area contributed by atoms with E-state index in [2.05, 4.69) is 0 Å². The summed E-state index contributed by atoms with van der Waals surface area (Å²) in [5.41, 5.74) is -8.59. The fourth-order valence-electron chi connectivity index (χ4n) is 11.8. The molecule has 4 heterocycles. The van der Waals surface area contributed by atoms with Crippen molar-refractivity contribution in [2.75, 3.05) is 0 Å². The van der Waals surface area contributed by atoms with Gasteiger partial charge < -0.3 is 10.2 Å². The minimum Gasteiger partial charge on any atom is -0.507 e. The summed E-state index contributed by atoms with van der Waals surface area (Å²) in [5.74, 6) is -34.4. The summed E-state index contributed by atoms with van der Waals surface area (Å²) in [4.78, 5) is 0.209. The molecule has 398 valence electrons. The Morgan fingerprint density at radius 3 is 0.962 bits per heavy atom. The Morgan fingerprint density at radius 1 is 0.333 bits per heavy atom. The van der Waals surface area contributed by atoms with E-state index in [1.165, 1.54) is 77.9 Å². The highest BCUT2D eigenvalue weighted by Gasteiger charge is 2.82. The molecule has 0 aliphatic heterocycles. The van der Waals surface area contributed by atoms with Crippen LogP contribution >= 0.6 is 45.3 Å². The molecule has 12 rings (SSSR count). The molecule has 0 saturated heterocycles. The second-order valence-corrected chi connectivity index (χ2v) is 24.7. The lowest BCUT2D eigenvalue weighted by atomic mass is 9.86. The first-order valence-corrected chi connectivity index (χ1v) is 27.3. The number of aryl methyl sites for hydroxylation is 4. The molecule has 10 aromatic rings. The van der Waals surface area contributed by atoms with Crippen molar-refractivity contribution in [2.45, 2.75) is 77.1 Å². The maximum absolute atomic E-state index is 16.6. The van der Waals surface area contributed by atoms with Gasteiger partial charge in [-0.15, -0.1) is 45.3 Å². The summed E-state index contributed by atoms with van der Waals surface area (Å²) in [7, 11) is 0. The highest BCUT2D eigenvalue weighted by atomic mass is 32.1. The third-order valence-electron chi connectivity index (χ3n) is 15.3. The largest absolute Gasteiger partial charge is 0.507 e. The van der Waals surface area contributed by atoms with Gasteiger partial charge in [-0.25, -0.2) is 0 Å². The minimum atomic E-state index is -5.87. The van der Waals surface area contributed by atoms with E-state index in [9.17, 15) is 10.2 Å². The summed E-state index contributed by atoms with van der Waals surface area (Å²) in [6, 6.07) is 28.3. The number of rotatable bonds is 7. The molecule has 4 aromatic heterocycles. The molecule has 0 radical (unpaired) electrons. The van der Waals surface area contributed by atoms with E-state index in [4.69, 9.17) is 0 Å². The van der Waals surface area contributed by atoms with Gasteiger partial charge in [0, 0.05) is 116 Å². The van der Waals surface area contributed by atoms with Crippen molar-refractivity contribution in [1.82, 2.24) is 0 Å². The summed E-state index contributed by atoms with van der Waals surface area (Å²) >= 11 is 3.57. The Bertz CT molecular complexity index is 4060. The van der Waals surface area contributed by atoms with Gasteiger partial charge in [-0.1, -0.05) is 84.9 Å². The van der Waals surface area contributed by atoms with Crippen molar-refractivity contribution in [3.05, 3.63) is 162 Å². The predicted molar refractivity (Wildman–Crippen MR) is 292 cm³/mol. The molecule has 0 bridgehead atoms. The summed E-state index contributed by atoms with van der Waals surface area (Å²) in [6.07, 6.45) is 0. The van der Waals surface area contributed by atoms with Gasteiger partial charge in [-0.3, -0.25) is 0 Å². The first kappa shape index (κ1) is 52.1. The van der Waals surface area contributed by atoms with Crippen molar-refractivity contribution < 1.29 is 62.9 Å². The van der Waals surface area contributed by atoms with Gasteiger partial charge in [0.05, 0.1) is 0 Å². The summed E-state index contributed by atoms with van der Waals surface area (Å²) in [5, 5.41) is 27.3. The molecular weight excluding hydrogens is 1110 g/mol. The molecule has 0 saturated carbocycles. The van der Waals surface area contributed by atoms with Crippen LogP contribution in [0, 0.1) is 41.5 Å². The average Bonchev–Trinajstić information content (AvgIpc) is 2.87. The lowest BCUT2D eigenvalue weighted by Gasteiger charge is -2.26. The molecule has 18 heteroatoms. The van der Waals surface area contributed by atoms with E-state index in [0.717, 1.165) is 45.3 Å². The molecule has 0 spiro atoms. The van der Waals surface area contributed by atoms with Crippen LogP contribution in [-0.2, 0) is 0 Å². The average molecular weight is 1150 g/mol. The van der Waals surface area contributed by atoms with E-state index < -0.39 is 91.6 Å². The SMILES string of the molecule is Cc1sc(-c2cc3ccccc3c(-c3c(O)c(-c4sc(C)c(C5=C(c6c(C)sc7ccccc67)C(F)(F)C(F)(F)C5(F)F)c4C)cc4ccccc34)c2O)c(C)c1C1=C(c2c(C)sc3ccccc23)C(F)(F)C(F)(F)C1(F)F. The van der Waals surface area contributed by atoms with Crippen LogP contribution in [0.25, 0.3) is 96.0 Å². The topological polar surface area (TPSA) is 40.5 Å². The van der Waals surface area contributed by atoms with E-state index in [0.29, 0.717) is 30.9 Å². The maximum Gasteiger partial charge on any atom is 0.380 e. The number of alkyl halides is 12. The van der Waals surface area contributed by atoms with Gasteiger partial charge in [0.25, 0.3) is 0 Å². The summed E-state index contributed by atoms with van der Waals surface area (Å²) in [6.45, 7) is 8.08. The fraction of sp³-hybridized carbons (Fsp3) is 0.200. The van der Waals surface area contributed by atoms with Crippen LogP contribution < -0.4 is 0 Å². The molecule has 2 aliphatic carbocycles. The predicted octanol–water partition coefficient (Wildman–Crippen LogP) is 20.5. The van der Waals surface area contributed by atoms with Crippen LogP contribution in [-0.4, -0.2) is 45.7 Å². The molecule has 0 fully saturated rings. The van der Waals surface area contributed by atoms with Gasteiger partial charge in [0.2, 0.25) is 0 Å². The number of phenols is 2. The van der Waals surface area contributed by atoms with Gasteiger partial charge in [-0.2, -0.15) is 52.7 Å². The molecule has 78 heavy (non-hydrogen) atoms. The molecule has 6 aromatic carbocycles. The Morgan fingerprint density at radius 2 is 0.615 bits per heavy atom. The van der Waals surface area contributed by atoms with Crippen molar-refractivity contribution >= 4 is 109 Å². The van der Waals surface area contributed by atoms with Gasteiger partial charge in [0.15, 0.2) is 0 Å². The normalized spacial score (nSPS) is 18.2. The monoisotopic (exact) mass is 1150 g/mol. The zero-order valence-electron chi connectivity index (χ0n) is 41.5. The number of aromatic hydroxyl groups is 2. The third-order valence-corrected chi connectivity index (χ3v) is 20.0. The van der Waals surface area contributed by atoms with Crippen molar-refractivity contribution in [2.24, 2.45) is 0 Å². The standard InChI is InChI=1S/C60H38F12O2S4/c1-25-41(47-49(57(65,66)59(69,70)55(47,61)62)43-29(5)75-39-21-13-11-19-35(39)43)27(3)77-53(25)37-23-31-15-7-9-17-33(31)45(51(37)73)46-34-18-10-8-16-32(34)24-38(52(46)74)54-26(2)42(28(4)78-54)48-50(58(67,68)60(71,72)56(48,63)64)44-30(6)76-40-22-14-12-20-36(40)44/h7-24,73-74H,1-6H3. The quantitative estimate of drug-likeness (QED) is 0.156. The van der Waals surface area contributed by atoms with Crippen LogP contribution in [0.15, 0.2) is 109 Å². The smallest absolute Gasteiger partial charge is 0.380 e. The molecule has 2 N–H and O–H groups in total. The Labute approximate surface area is 452 Å². The number of fused-ring (bicyclic) bond motifs is 4. The van der Waals surface area contributed by atoms with Crippen LogP contribution in [0.1, 0.15) is 52.9 Å². The molecule has 2 nitrogen and oxygen atoms in total. The van der Waals surface area contributed by atoms with E-state index in [-0.39, 0.29) is 73.4 Å². The fourth-order valence-corrected chi connectivity index (χ4v) is 16.3. The molecule has 2 aliphatic rings. The lowest BCUT2D eigenvalue weighted by molar-refractivity contribution is -0.254. The number of halogens is 12.